The fourth-order valence-electron chi connectivity index (χ4n) is 3.37. The highest BCUT2D eigenvalue weighted by molar-refractivity contribution is 5.90. The minimum atomic E-state index is -0.642. The van der Waals surface area contributed by atoms with Gasteiger partial charge in [-0.2, -0.15) is 0 Å². The predicted molar refractivity (Wildman–Crippen MR) is 140 cm³/mol. The number of nitrogens with one attached hydrogen (secondary N) is 2. The van der Waals surface area contributed by atoms with E-state index in [1.807, 2.05) is 0 Å². The molecule has 2 amide bonds. The summed E-state index contributed by atoms with van der Waals surface area (Å²) in [5.74, 6) is -1.66. The SMILES string of the molecule is O=C(CCCCCCC(=O)NCCOC(=O)c1ccc([N+](=O)[O-])cc1)NCCOC(=O)c1ccc([N+](=O)[O-])cc1. The van der Waals surface area contributed by atoms with Crippen LogP contribution >= 0.6 is 0 Å². The number of nitro groups is 2. The van der Waals surface area contributed by atoms with Crippen LogP contribution in [0.4, 0.5) is 11.4 Å². The second-order valence-electron chi connectivity index (χ2n) is 8.49. The molecule has 2 aromatic carbocycles. The minimum absolute atomic E-state index is 0.0348. The van der Waals surface area contributed by atoms with Gasteiger partial charge in [0.2, 0.25) is 11.8 Å². The fourth-order valence-corrected chi connectivity index (χ4v) is 3.37. The third-order valence-corrected chi connectivity index (χ3v) is 5.50. The first-order chi connectivity index (χ1) is 19.2. The van der Waals surface area contributed by atoms with Crippen molar-refractivity contribution in [3.63, 3.8) is 0 Å². The Balaban J connectivity index is 1.44. The van der Waals surface area contributed by atoms with Crippen molar-refractivity contribution in [2.24, 2.45) is 0 Å². The van der Waals surface area contributed by atoms with Gasteiger partial charge < -0.3 is 20.1 Å². The molecule has 2 aromatic rings. The summed E-state index contributed by atoms with van der Waals surface area (Å²) in [6.45, 7) is 0.210. The number of nitrogens with zero attached hydrogens (tertiary/aromatic N) is 2. The molecule has 0 heterocycles. The Bertz CT molecular complexity index is 1090. The van der Waals surface area contributed by atoms with E-state index in [4.69, 9.17) is 9.47 Å². The van der Waals surface area contributed by atoms with Gasteiger partial charge in [0.15, 0.2) is 0 Å². The standard InChI is InChI=1S/C26H30N4O10/c31-23(27-15-17-39-25(33)19-7-11-21(12-8-19)29(35)36)5-3-1-2-4-6-24(32)28-16-18-40-26(34)20-9-13-22(14-10-20)30(37)38/h7-14H,1-6,15-18H2,(H,27,31)(H,28,32). The van der Waals surface area contributed by atoms with Crippen molar-refractivity contribution in [2.75, 3.05) is 26.3 Å². The van der Waals surface area contributed by atoms with Gasteiger partial charge in [0.1, 0.15) is 13.2 Å². The maximum atomic E-state index is 11.9. The Kier molecular flexibility index (Phi) is 13.2. The van der Waals surface area contributed by atoms with Crippen molar-refractivity contribution in [2.45, 2.75) is 38.5 Å². The van der Waals surface area contributed by atoms with Gasteiger partial charge in [-0.3, -0.25) is 29.8 Å². The van der Waals surface area contributed by atoms with E-state index in [0.29, 0.717) is 25.7 Å². The highest BCUT2D eigenvalue weighted by Gasteiger charge is 2.12. The lowest BCUT2D eigenvalue weighted by atomic mass is 10.1. The summed E-state index contributed by atoms with van der Waals surface area (Å²) in [6, 6.07) is 10.0. The molecule has 0 unspecified atom stereocenters. The Morgan fingerprint density at radius 2 is 0.950 bits per heavy atom. The average molecular weight is 559 g/mol. The van der Waals surface area contributed by atoms with Crippen LogP contribution in [0.3, 0.4) is 0 Å². The quantitative estimate of drug-likeness (QED) is 0.126. The number of nitro benzene ring substituents is 2. The number of benzene rings is 2. The van der Waals surface area contributed by atoms with Crippen molar-refractivity contribution < 1.29 is 38.5 Å². The van der Waals surface area contributed by atoms with Crippen molar-refractivity contribution in [1.29, 1.82) is 0 Å². The molecule has 14 nitrogen and oxygen atoms in total. The number of unbranched alkanes of at least 4 members (excludes halogenated alkanes) is 3. The Morgan fingerprint density at radius 3 is 1.27 bits per heavy atom. The summed E-state index contributed by atoms with van der Waals surface area (Å²) >= 11 is 0. The Morgan fingerprint density at radius 1 is 0.600 bits per heavy atom. The third-order valence-electron chi connectivity index (χ3n) is 5.50. The van der Waals surface area contributed by atoms with Crippen molar-refractivity contribution in [3.05, 3.63) is 79.9 Å². The summed E-state index contributed by atoms with van der Waals surface area (Å²) in [5.41, 5.74) is 0.0836. The summed E-state index contributed by atoms with van der Waals surface area (Å²) in [7, 11) is 0. The number of rotatable bonds is 17. The van der Waals surface area contributed by atoms with E-state index in [9.17, 15) is 39.4 Å². The van der Waals surface area contributed by atoms with E-state index in [1.54, 1.807) is 0 Å². The van der Waals surface area contributed by atoms with Crippen LogP contribution in [-0.4, -0.2) is 59.9 Å². The zero-order valence-electron chi connectivity index (χ0n) is 21.7. The number of hydrogen-bond acceptors (Lipinski definition) is 10. The van der Waals surface area contributed by atoms with E-state index in [0.717, 1.165) is 12.8 Å². The van der Waals surface area contributed by atoms with E-state index in [-0.39, 0.29) is 60.6 Å². The van der Waals surface area contributed by atoms with E-state index in [2.05, 4.69) is 10.6 Å². The second-order valence-corrected chi connectivity index (χ2v) is 8.49. The van der Waals surface area contributed by atoms with Gasteiger partial charge >= 0.3 is 11.9 Å². The fraction of sp³-hybridized carbons (Fsp3) is 0.385. The van der Waals surface area contributed by atoms with E-state index in [1.165, 1.54) is 48.5 Å². The number of amides is 2. The van der Waals surface area contributed by atoms with Crippen LogP contribution in [0.2, 0.25) is 0 Å². The van der Waals surface area contributed by atoms with Gasteiger partial charge in [0.25, 0.3) is 11.4 Å². The van der Waals surface area contributed by atoms with Crippen LogP contribution in [0.5, 0.6) is 0 Å². The first-order valence-corrected chi connectivity index (χ1v) is 12.5. The predicted octanol–water partition coefficient (Wildman–Crippen LogP) is 3.09. The maximum Gasteiger partial charge on any atom is 0.338 e. The second kappa shape index (κ2) is 16.9. The lowest BCUT2D eigenvalue weighted by Gasteiger charge is -2.08. The molecule has 14 heteroatoms. The molecule has 40 heavy (non-hydrogen) atoms. The van der Waals surface area contributed by atoms with Crippen LogP contribution in [0.25, 0.3) is 0 Å². The summed E-state index contributed by atoms with van der Waals surface area (Å²) < 4.78 is 10.1. The number of carbonyl (C=O) groups excluding carboxylic acids is 4. The van der Waals surface area contributed by atoms with Gasteiger partial charge in [0.05, 0.1) is 34.1 Å². The molecule has 0 aliphatic carbocycles. The molecule has 0 radical (unpaired) electrons. The van der Waals surface area contributed by atoms with Crippen LogP contribution < -0.4 is 10.6 Å². The highest BCUT2D eigenvalue weighted by atomic mass is 16.6. The van der Waals surface area contributed by atoms with Gasteiger partial charge in [-0.15, -0.1) is 0 Å². The summed E-state index contributed by atoms with van der Waals surface area (Å²) in [6.07, 6.45) is 3.36. The zero-order chi connectivity index (χ0) is 29.3. The smallest absolute Gasteiger partial charge is 0.338 e. The summed E-state index contributed by atoms with van der Waals surface area (Å²) in [4.78, 5) is 67.7. The molecule has 0 fully saturated rings. The molecule has 2 rings (SSSR count). The maximum absolute atomic E-state index is 11.9. The molecule has 0 aromatic heterocycles. The zero-order valence-corrected chi connectivity index (χ0v) is 21.7. The van der Waals surface area contributed by atoms with Gasteiger partial charge in [-0.1, -0.05) is 12.8 Å². The molecule has 0 saturated carbocycles. The molecule has 0 saturated heterocycles. The topological polar surface area (TPSA) is 197 Å². The number of esters is 2. The third kappa shape index (κ3) is 11.7. The van der Waals surface area contributed by atoms with Crippen LogP contribution in [-0.2, 0) is 19.1 Å². The number of non-ortho nitro benzene ring substituents is 2. The molecule has 0 spiro atoms. The Labute approximate surface area is 229 Å². The normalized spacial score (nSPS) is 10.3. The first-order valence-electron chi connectivity index (χ1n) is 12.5. The molecule has 0 aliphatic rings. The molecular formula is C26H30N4O10. The number of carbonyl (C=O) groups is 4. The molecule has 2 N–H and O–H groups in total. The van der Waals surface area contributed by atoms with Gasteiger partial charge in [-0.25, -0.2) is 9.59 Å². The van der Waals surface area contributed by atoms with Crippen LogP contribution in [0, 0.1) is 20.2 Å². The van der Waals surface area contributed by atoms with E-state index < -0.39 is 21.8 Å². The molecule has 0 bridgehead atoms. The molecule has 0 aliphatic heterocycles. The largest absolute Gasteiger partial charge is 0.460 e. The highest BCUT2D eigenvalue weighted by Crippen LogP contribution is 2.13. The molecule has 214 valence electrons. The average Bonchev–Trinajstić information content (AvgIpc) is 2.95. The van der Waals surface area contributed by atoms with Crippen LogP contribution in [0.15, 0.2) is 48.5 Å². The summed E-state index contributed by atoms with van der Waals surface area (Å²) in [5, 5.41) is 26.6. The minimum Gasteiger partial charge on any atom is -0.460 e. The first kappa shape index (κ1) is 31.3. The van der Waals surface area contributed by atoms with Crippen LogP contribution in [0.1, 0.15) is 59.2 Å². The lowest BCUT2D eigenvalue weighted by Crippen LogP contribution is -2.28. The van der Waals surface area contributed by atoms with Crippen molar-refractivity contribution in [1.82, 2.24) is 10.6 Å². The van der Waals surface area contributed by atoms with Gasteiger partial charge in [-0.05, 0) is 37.1 Å². The molecular weight excluding hydrogens is 528 g/mol. The monoisotopic (exact) mass is 558 g/mol. The number of ether oxygens (including phenoxy) is 2. The lowest BCUT2D eigenvalue weighted by molar-refractivity contribution is -0.385. The van der Waals surface area contributed by atoms with Gasteiger partial charge in [0, 0.05) is 37.1 Å². The number of hydrogen-bond donors (Lipinski definition) is 2. The van der Waals surface area contributed by atoms with E-state index >= 15 is 0 Å². The molecule has 0 atom stereocenters. The van der Waals surface area contributed by atoms with Crippen molar-refractivity contribution >= 4 is 35.1 Å². The Hall–Kier alpha value is -4.88. The van der Waals surface area contributed by atoms with Crippen molar-refractivity contribution in [3.8, 4) is 0 Å².